The lowest BCUT2D eigenvalue weighted by Gasteiger charge is -2.08. The van der Waals surface area contributed by atoms with E-state index in [0.717, 1.165) is 12.8 Å². The topological polar surface area (TPSA) is 0 Å². The van der Waals surface area contributed by atoms with E-state index in [0.29, 0.717) is 0 Å². The Morgan fingerprint density at radius 1 is 1.13 bits per heavy atom. The molecule has 0 radical (unpaired) electrons. The van der Waals surface area contributed by atoms with Gasteiger partial charge in [-0.25, -0.2) is 0 Å². The lowest BCUT2D eigenvalue weighted by Crippen LogP contribution is -1.87. The predicted octanol–water partition coefficient (Wildman–Crippen LogP) is 4.21. The molecule has 0 bridgehead atoms. The molecule has 0 nitrogen and oxygen atoms in total. The van der Waals surface area contributed by atoms with Crippen molar-refractivity contribution in [3.8, 4) is 0 Å². The van der Waals surface area contributed by atoms with Crippen molar-refractivity contribution in [1.29, 1.82) is 0 Å². The number of hydrogen-bond acceptors (Lipinski definition) is 0. The van der Waals surface area contributed by atoms with E-state index in [4.69, 9.17) is 0 Å². The number of allylic oxidation sites excluding steroid dienone is 6. The van der Waals surface area contributed by atoms with E-state index >= 15 is 0 Å². The van der Waals surface area contributed by atoms with E-state index in [2.05, 4.69) is 49.4 Å². The van der Waals surface area contributed by atoms with Gasteiger partial charge in [0.15, 0.2) is 0 Å². The summed E-state index contributed by atoms with van der Waals surface area (Å²) in [6.45, 7) is 2.25. The Labute approximate surface area is 90.6 Å². The van der Waals surface area contributed by atoms with Crippen LogP contribution in [0.4, 0.5) is 0 Å². The molecule has 0 fully saturated rings. The van der Waals surface area contributed by atoms with Crippen LogP contribution in [0.25, 0.3) is 11.1 Å². The van der Waals surface area contributed by atoms with Crippen molar-refractivity contribution in [2.24, 2.45) is 0 Å². The van der Waals surface area contributed by atoms with Gasteiger partial charge in [-0.3, -0.25) is 0 Å². The quantitative estimate of drug-likeness (QED) is 0.628. The van der Waals surface area contributed by atoms with Gasteiger partial charge < -0.3 is 0 Å². The highest BCUT2D eigenvalue weighted by atomic mass is 14.3. The van der Waals surface area contributed by atoms with Crippen LogP contribution in [0.3, 0.4) is 0 Å². The minimum atomic E-state index is 1.10. The molecule has 0 aromatic heterocycles. The molecule has 0 saturated carbocycles. The molecule has 2 aliphatic carbocycles. The molecule has 0 N–H and O–H groups in total. The summed E-state index contributed by atoms with van der Waals surface area (Å²) in [6, 6.07) is 8.76. The van der Waals surface area contributed by atoms with Crippen molar-refractivity contribution in [1.82, 2.24) is 0 Å². The number of rotatable bonds is 1. The molecule has 0 saturated heterocycles. The first-order valence-corrected chi connectivity index (χ1v) is 5.61. The zero-order chi connectivity index (χ0) is 10.3. The molecule has 2 aliphatic rings. The van der Waals surface area contributed by atoms with Crippen LogP contribution in [-0.4, -0.2) is 0 Å². The Morgan fingerprint density at radius 2 is 1.93 bits per heavy atom. The molecule has 3 rings (SSSR count). The number of fused-ring (bicyclic) bond motifs is 3. The van der Waals surface area contributed by atoms with Gasteiger partial charge in [0.05, 0.1) is 0 Å². The van der Waals surface area contributed by atoms with E-state index in [1.165, 1.54) is 16.7 Å². The summed E-state index contributed by atoms with van der Waals surface area (Å²) in [5.41, 5.74) is 7.41. The maximum Gasteiger partial charge on any atom is -0.00852 e. The van der Waals surface area contributed by atoms with Crippen molar-refractivity contribution >= 4 is 11.1 Å². The van der Waals surface area contributed by atoms with Crippen LogP contribution in [0.5, 0.6) is 0 Å². The molecule has 0 heterocycles. The average Bonchev–Trinajstić information content (AvgIpc) is 2.63. The fourth-order valence-corrected chi connectivity index (χ4v) is 2.65. The summed E-state index contributed by atoms with van der Waals surface area (Å²) in [7, 11) is 0. The molecular weight excluding hydrogens is 180 g/mol. The van der Waals surface area contributed by atoms with Gasteiger partial charge in [0.1, 0.15) is 0 Å². The summed E-state index contributed by atoms with van der Waals surface area (Å²) >= 11 is 0. The van der Waals surface area contributed by atoms with Crippen molar-refractivity contribution in [2.45, 2.75) is 19.8 Å². The van der Waals surface area contributed by atoms with E-state index in [1.54, 1.807) is 11.1 Å². The Morgan fingerprint density at radius 3 is 2.73 bits per heavy atom. The van der Waals surface area contributed by atoms with Gasteiger partial charge >= 0.3 is 0 Å². The van der Waals surface area contributed by atoms with Gasteiger partial charge in [-0.2, -0.15) is 0 Å². The maximum atomic E-state index is 2.25. The number of benzene rings is 1. The van der Waals surface area contributed by atoms with Gasteiger partial charge in [-0.15, -0.1) is 0 Å². The first kappa shape index (κ1) is 8.72. The highest BCUT2D eigenvalue weighted by Crippen LogP contribution is 2.45. The summed E-state index contributed by atoms with van der Waals surface area (Å²) in [6.07, 6.45) is 8.91. The normalized spacial score (nSPS) is 17.5. The third-order valence-electron chi connectivity index (χ3n) is 3.31. The molecule has 74 valence electrons. The van der Waals surface area contributed by atoms with Crippen LogP contribution in [0.15, 0.2) is 48.1 Å². The molecule has 1 aromatic carbocycles. The summed E-state index contributed by atoms with van der Waals surface area (Å²) in [4.78, 5) is 0. The summed E-state index contributed by atoms with van der Waals surface area (Å²) < 4.78 is 0. The fourth-order valence-electron chi connectivity index (χ4n) is 2.65. The van der Waals surface area contributed by atoms with E-state index in [9.17, 15) is 0 Å². The molecule has 0 aliphatic heterocycles. The highest BCUT2D eigenvalue weighted by Gasteiger charge is 2.24. The van der Waals surface area contributed by atoms with Crippen LogP contribution in [0.1, 0.15) is 30.9 Å². The van der Waals surface area contributed by atoms with E-state index in [1.807, 2.05) is 0 Å². The zero-order valence-corrected chi connectivity index (χ0v) is 8.96. The first-order valence-electron chi connectivity index (χ1n) is 5.61. The molecule has 1 aromatic rings. The van der Waals surface area contributed by atoms with E-state index < -0.39 is 0 Å². The SMILES string of the molecule is CCC1=C2CC=CC=C2c2ccccc21. The lowest BCUT2D eigenvalue weighted by molar-refractivity contribution is 1.20. The lowest BCUT2D eigenvalue weighted by atomic mass is 9.96. The molecule has 0 unspecified atom stereocenters. The molecule has 0 atom stereocenters. The van der Waals surface area contributed by atoms with Crippen LogP contribution in [-0.2, 0) is 0 Å². The maximum absolute atomic E-state index is 2.25. The Hall–Kier alpha value is -1.56. The monoisotopic (exact) mass is 194 g/mol. The molecule has 0 amide bonds. The number of hydrogen-bond donors (Lipinski definition) is 0. The van der Waals surface area contributed by atoms with Crippen molar-refractivity contribution < 1.29 is 0 Å². The van der Waals surface area contributed by atoms with Crippen LogP contribution >= 0.6 is 0 Å². The third kappa shape index (κ3) is 1.14. The van der Waals surface area contributed by atoms with Crippen molar-refractivity contribution in [2.75, 3.05) is 0 Å². The molecule has 15 heavy (non-hydrogen) atoms. The van der Waals surface area contributed by atoms with Gasteiger partial charge in [0.2, 0.25) is 0 Å². The average molecular weight is 194 g/mol. The molecular formula is C15H14. The van der Waals surface area contributed by atoms with Gasteiger partial charge in [-0.1, -0.05) is 49.4 Å². The smallest absolute Gasteiger partial charge is 0.00852 e. The Bertz CT molecular complexity index is 499. The Kier molecular flexibility index (Phi) is 1.88. The summed E-state index contributed by atoms with van der Waals surface area (Å²) in [5.74, 6) is 0. The highest BCUT2D eigenvalue weighted by molar-refractivity contribution is 6.01. The predicted molar refractivity (Wildman–Crippen MR) is 65.4 cm³/mol. The minimum absolute atomic E-state index is 1.10. The molecule has 0 spiro atoms. The van der Waals surface area contributed by atoms with Crippen LogP contribution in [0, 0.1) is 0 Å². The second kappa shape index (κ2) is 3.23. The molecule has 0 heteroatoms. The van der Waals surface area contributed by atoms with Gasteiger partial charge in [0, 0.05) is 0 Å². The first-order chi connectivity index (χ1) is 7.42. The third-order valence-corrected chi connectivity index (χ3v) is 3.31. The van der Waals surface area contributed by atoms with Crippen molar-refractivity contribution in [3.05, 3.63) is 59.2 Å². The van der Waals surface area contributed by atoms with Crippen molar-refractivity contribution in [3.63, 3.8) is 0 Å². The van der Waals surface area contributed by atoms with Crippen LogP contribution in [0.2, 0.25) is 0 Å². The second-order valence-electron chi connectivity index (χ2n) is 4.07. The zero-order valence-electron chi connectivity index (χ0n) is 8.96. The van der Waals surface area contributed by atoms with Gasteiger partial charge in [0.25, 0.3) is 0 Å². The second-order valence-corrected chi connectivity index (χ2v) is 4.07. The van der Waals surface area contributed by atoms with E-state index in [-0.39, 0.29) is 0 Å². The Balaban J connectivity index is 2.29. The minimum Gasteiger partial charge on any atom is -0.0801 e. The van der Waals surface area contributed by atoms with Gasteiger partial charge in [-0.05, 0) is 40.7 Å². The standard InChI is InChI=1S/C15H14/c1-2-11-12-7-3-5-9-14(12)15-10-6-4-8-13(11)15/h3-7,9-10H,2,8H2,1H3. The van der Waals surface area contributed by atoms with Crippen LogP contribution < -0.4 is 0 Å². The fraction of sp³-hybridized carbons (Fsp3) is 0.200. The summed E-state index contributed by atoms with van der Waals surface area (Å²) in [5, 5.41) is 0. The largest absolute Gasteiger partial charge is 0.0801 e.